The Morgan fingerprint density at radius 3 is 1.73 bits per heavy atom. The highest BCUT2D eigenvalue weighted by atomic mass is 79.9. The predicted molar refractivity (Wildman–Crippen MR) is 53.3 cm³/mol. The Hall–Kier alpha value is 0.617. The van der Waals surface area contributed by atoms with Gasteiger partial charge in [0.2, 0.25) is 0 Å². The van der Waals surface area contributed by atoms with Crippen LogP contribution in [0.4, 0.5) is 0 Å². The Balaban J connectivity index is 3.96. The summed E-state index contributed by atoms with van der Waals surface area (Å²) < 4.78 is 11.3. The number of alkyl halides is 1. The maximum absolute atomic E-state index is 5.64. The average molecular weight is 241 g/mol. The van der Waals surface area contributed by atoms with Gasteiger partial charge in [-0.15, -0.1) is 0 Å². The van der Waals surface area contributed by atoms with Crippen molar-refractivity contribution >= 4 is 24.5 Å². The Bertz CT molecular complexity index is 88.4. The first-order valence-corrected chi connectivity index (χ1v) is 7.43. The van der Waals surface area contributed by atoms with E-state index >= 15 is 0 Å². The van der Waals surface area contributed by atoms with Gasteiger partial charge in [0.05, 0.1) is 0 Å². The van der Waals surface area contributed by atoms with Crippen LogP contribution in [0.25, 0.3) is 0 Å². The van der Waals surface area contributed by atoms with Crippen molar-refractivity contribution in [1.29, 1.82) is 0 Å². The van der Waals surface area contributed by atoms with E-state index in [1.165, 1.54) is 0 Å². The monoisotopic (exact) mass is 240 g/mol. The minimum Gasteiger partial charge on any atom is -0.394 e. The fraction of sp³-hybridized carbons (Fsp3) is 1.00. The van der Waals surface area contributed by atoms with Crippen LogP contribution in [0.15, 0.2) is 0 Å². The van der Waals surface area contributed by atoms with Crippen LogP contribution in [0.2, 0.25) is 6.04 Å². The van der Waals surface area contributed by atoms with Crippen molar-refractivity contribution in [3.05, 3.63) is 0 Å². The molecular weight excluding hydrogens is 224 g/mol. The summed E-state index contributed by atoms with van der Waals surface area (Å²) in [5, 5.41) is 0. The van der Waals surface area contributed by atoms with Crippen LogP contribution < -0.4 is 0 Å². The summed E-state index contributed by atoms with van der Waals surface area (Å²) in [6, 6.07) is 1.01. The Kier molecular flexibility index (Phi) is 6.51. The van der Waals surface area contributed by atoms with Crippen molar-refractivity contribution in [3.8, 4) is 0 Å². The van der Waals surface area contributed by atoms with Crippen molar-refractivity contribution in [2.45, 2.75) is 26.8 Å². The molecule has 0 saturated heterocycles. The second-order valence-electron chi connectivity index (χ2n) is 2.26. The van der Waals surface area contributed by atoms with Crippen LogP contribution in [0.3, 0.4) is 0 Å². The SMILES string of the molecule is CCO[Si](CC)(CBr)OCC. The zero-order chi connectivity index (χ0) is 8.74. The van der Waals surface area contributed by atoms with Crippen molar-refractivity contribution in [2.24, 2.45) is 0 Å². The molecule has 0 rings (SSSR count). The Labute approximate surface area is 78.7 Å². The van der Waals surface area contributed by atoms with Crippen molar-refractivity contribution in [2.75, 3.05) is 18.2 Å². The second-order valence-corrected chi connectivity index (χ2v) is 7.32. The number of hydrogen-bond acceptors (Lipinski definition) is 2. The van der Waals surface area contributed by atoms with Gasteiger partial charge >= 0.3 is 8.56 Å². The normalized spacial score (nSPS) is 12.0. The molecule has 68 valence electrons. The fourth-order valence-corrected chi connectivity index (χ4v) is 4.99. The van der Waals surface area contributed by atoms with Gasteiger partial charge in [0.15, 0.2) is 0 Å². The molecule has 0 N–H and O–H groups in total. The second kappa shape index (κ2) is 6.17. The Morgan fingerprint density at radius 1 is 1.09 bits per heavy atom. The van der Waals surface area contributed by atoms with Gasteiger partial charge < -0.3 is 8.85 Å². The van der Waals surface area contributed by atoms with Crippen LogP contribution in [0.5, 0.6) is 0 Å². The van der Waals surface area contributed by atoms with Gasteiger partial charge in [-0.05, 0) is 19.9 Å². The first-order valence-electron chi connectivity index (χ1n) is 4.08. The van der Waals surface area contributed by atoms with Crippen LogP contribution in [-0.2, 0) is 8.85 Å². The molecule has 0 heterocycles. The molecule has 0 aromatic carbocycles. The fourth-order valence-electron chi connectivity index (χ4n) is 0.944. The van der Waals surface area contributed by atoms with E-state index in [1.807, 2.05) is 13.8 Å². The molecule has 0 bridgehead atoms. The van der Waals surface area contributed by atoms with E-state index < -0.39 is 8.56 Å². The van der Waals surface area contributed by atoms with Gasteiger partial charge in [-0.3, -0.25) is 0 Å². The summed E-state index contributed by atoms with van der Waals surface area (Å²) in [6.45, 7) is 7.66. The van der Waals surface area contributed by atoms with E-state index in [0.717, 1.165) is 24.2 Å². The summed E-state index contributed by atoms with van der Waals surface area (Å²) in [5.74, 6) is 0. The molecule has 0 aliphatic rings. The summed E-state index contributed by atoms with van der Waals surface area (Å²) in [7, 11) is -1.83. The summed E-state index contributed by atoms with van der Waals surface area (Å²) in [6.07, 6.45) is 0. The largest absolute Gasteiger partial charge is 0.394 e. The lowest BCUT2D eigenvalue weighted by atomic mass is 10.9. The van der Waals surface area contributed by atoms with E-state index in [9.17, 15) is 0 Å². The lowest BCUT2D eigenvalue weighted by molar-refractivity contribution is 0.189. The van der Waals surface area contributed by atoms with Crippen molar-refractivity contribution in [3.63, 3.8) is 0 Å². The maximum atomic E-state index is 5.64. The first kappa shape index (κ1) is 11.6. The van der Waals surface area contributed by atoms with Gasteiger partial charge in [-0.1, -0.05) is 22.9 Å². The van der Waals surface area contributed by atoms with E-state index in [4.69, 9.17) is 8.85 Å². The molecule has 0 aromatic rings. The molecular formula is C7H17BrO2Si. The molecule has 0 aliphatic carbocycles. The quantitative estimate of drug-likeness (QED) is 0.525. The highest BCUT2D eigenvalue weighted by Gasteiger charge is 2.33. The third-order valence-corrected chi connectivity index (χ3v) is 7.23. The predicted octanol–water partition coefficient (Wildman–Crippen LogP) is 2.46. The maximum Gasteiger partial charge on any atom is 0.348 e. The zero-order valence-electron chi connectivity index (χ0n) is 7.52. The molecule has 2 nitrogen and oxygen atoms in total. The van der Waals surface area contributed by atoms with Crippen LogP contribution in [0.1, 0.15) is 20.8 Å². The molecule has 0 fully saturated rings. The van der Waals surface area contributed by atoms with Crippen molar-refractivity contribution in [1.82, 2.24) is 0 Å². The van der Waals surface area contributed by atoms with Crippen molar-refractivity contribution < 1.29 is 8.85 Å². The third kappa shape index (κ3) is 3.69. The van der Waals surface area contributed by atoms with Gasteiger partial charge in [0.1, 0.15) is 0 Å². The minimum absolute atomic E-state index is 0.756. The van der Waals surface area contributed by atoms with Gasteiger partial charge in [-0.2, -0.15) is 0 Å². The standard InChI is InChI=1S/C7H17BrO2Si/c1-4-9-11(6-3,7-8)10-5-2/h4-7H2,1-3H3. The zero-order valence-corrected chi connectivity index (χ0v) is 10.1. The van der Waals surface area contributed by atoms with E-state index in [2.05, 4.69) is 22.9 Å². The van der Waals surface area contributed by atoms with E-state index in [-0.39, 0.29) is 0 Å². The molecule has 0 unspecified atom stereocenters. The highest BCUT2D eigenvalue weighted by molar-refractivity contribution is 9.09. The third-order valence-electron chi connectivity index (χ3n) is 1.56. The first-order chi connectivity index (χ1) is 5.24. The molecule has 11 heavy (non-hydrogen) atoms. The molecule has 4 heteroatoms. The smallest absolute Gasteiger partial charge is 0.348 e. The lowest BCUT2D eigenvalue weighted by Gasteiger charge is -2.26. The van der Waals surface area contributed by atoms with Crippen LogP contribution in [0, 0.1) is 0 Å². The summed E-state index contributed by atoms with van der Waals surface area (Å²) in [4.78, 5) is 0.873. The highest BCUT2D eigenvalue weighted by Crippen LogP contribution is 2.15. The number of rotatable bonds is 6. The van der Waals surface area contributed by atoms with E-state index in [1.54, 1.807) is 0 Å². The molecule has 0 aliphatic heterocycles. The molecule has 0 aromatic heterocycles. The molecule has 0 amide bonds. The van der Waals surface area contributed by atoms with E-state index in [0.29, 0.717) is 0 Å². The minimum atomic E-state index is -1.83. The lowest BCUT2D eigenvalue weighted by Crippen LogP contribution is -2.44. The van der Waals surface area contributed by atoms with Gasteiger partial charge in [0, 0.05) is 18.2 Å². The molecule has 0 saturated carbocycles. The number of halogens is 1. The molecule has 0 atom stereocenters. The van der Waals surface area contributed by atoms with Gasteiger partial charge in [0.25, 0.3) is 0 Å². The Morgan fingerprint density at radius 2 is 1.55 bits per heavy atom. The summed E-state index contributed by atoms with van der Waals surface area (Å²) >= 11 is 3.45. The summed E-state index contributed by atoms with van der Waals surface area (Å²) in [5.41, 5.74) is 0. The molecule has 0 spiro atoms. The number of hydrogen-bond donors (Lipinski definition) is 0. The molecule has 0 radical (unpaired) electrons. The average Bonchev–Trinajstić information content (AvgIpc) is 2.04. The van der Waals surface area contributed by atoms with Crippen LogP contribution >= 0.6 is 15.9 Å². The topological polar surface area (TPSA) is 18.5 Å². The van der Waals surface area contributed by atoms with Gasteiger partial charge in [-0.25, -0.2) is 0 Å². The van der Waals surface area contributed by atoms with Crippen LogP contribution in [-0.4, -0.2) is 26.7 Å².